The predicted molar refractivity (Wildman–Crippen MR) is 97.6 cm³/mol. The van der Waals surface area contributed by atoms with Crippen LogP contribution < -0.4 is 10.5 Å². The number of nitrogens with zero attached hydrogens (tertiary/aromatic N) is 2. The molecular formula is C19H20F3N3O4. The van der Waals surface area contributed by atoms with Gasteiger partial charge in [0.15, 0.2) is 0 Å². The first-order valence-electron chi connectivity index (χ1n) is 8.80. The summed E-state index contributed by atoms with van der Waals surface area (Å²) >= 11 is 0. The SMILES string of the molecule is COC(=O)c1cc(Oc2ncc(CN3CCOCC3)cc2C(F)(F)F)ccc1N. The van der Waals surface area contributed by atoms with Crippen LogP contribution in [0.5, 0.6) is 11.6 Å². The molecule has 29 heavy (non-hydrogen) atoms. The number of nitrogen functional groups attached to an aromatic ring is 1. The van der Waals surface area contributed by atoms with Gasteiger partial charge in [-0.2, -0.15) is 13.2 Å². The number of ether oxygens (including phenoxy) is 3. The van der Waals surface area contributed by atoms with Crippen LogP contribution in [0.3, 0.4) is 0 Å². The van der Waals surface area contributed by atoms with E-state index in [-0.39, 0.29) is 17.0 Å². The van der Waals surface area contributed by atoms with Crippen molar-refractivity contribution in [3.63, 3.8) is 0 Å². The molecule has 3 rings (SSSR count). The predicted octanol–water partition coefficient (Wildman–Crippen LogP) is 3.09. The average Bonchev–Trinajstić information content (AvgIpc) is 2.70. The van der Waals surface area contributed by atoms with Crippen LogP contribution in [0.2, 0.25) is 0 Å². The van der Waals surface area contributed by atoms with Gasteiger partial charge in [-0.15, -0.1) is 0 Å². The Balaban J connectivity index is 1.87. The van der Waals surface area contributed by atoms with Crippen LogP contribution in [0, 0.1) is 0 Å². The topological polar surface area (TPSA) is 86.9 Å². The lowest BCUT2D eigenvalue weighted by molar-refractivity contribution is -0.139. The van der Waals surface area contributed by atoms with Crippen LogP contribution in [0.15, 0.2) is 30.5 Å². The van der Waals surface area contributed by atoms with Crippen molar-refractivity contribution in [2.45, 2.75) is 12.7 Å². The number of halogens is 3. The van der Waals surface area contributed by atoms with E-state index in [1.807, 2.05) is 4.90 Å². The zero-order valence-electron chi connectivity index (χ0n) is 15.7. The van der Waals surface area contributed by atoms with E-state index in [9.17, 15) is 18.0 Å². The van der Waals surface area contributed by atoms with Gasteiger partial charge >= 0.3 is 12.1 Å². The van der Waals surface area contributed by atoms with Gasteiger partial charge in [0.25, 0.3) is 0 Å². The Labute approximate surface area is 165 Å². The minimum absolute atomic E-state index is 0.0116. The van der Waals surface area contributed by atoms with Gasteiger partial charge in [-0.3, -0.25) is 4.90 Å². The lowest BCUT2D eigenvalue weighted by atomic mass is 10.1. The van der Waals surface area contributed by atoms with E-state index in [4.69, 9.17) is 15.2 Å². The number of anilines is 1. The number of methoxy groups -OCH3 is 1. The standard InChI is InChI=1S/C19H20F3N3O4/c1-27-18(26)14-9-13(2-3-16(14)23)29-17-15(19(20,21)22)8-12(10-24-17)11-25-4-6-28-7-5-25/h2-3,8-10H,4-7,11,23H2,1H3. The molecule has 156 valence electrons. The summed E-state index contributed by atoms with van der Waals surface area (Å²) in [7, 11) is 1.17. The van der Waals surface area contributed by atoms with Crippen molar-refractivity contribution in [2.75, 3.05) is 39.1 Å². The summed E-state index contributed by atoms with van der Waals surface area (Å²) in [6.45, 7) is 2.69. The third-order valence-corrected chi connectivity index (χ3v) is 4.37. The Bertz CT molecular complexity index is 883. The molecule has 0 spiro atoms. The van der Waals surface area contributed by atoms with Crippen LogP contribution in [0.1, 0.15) is 21.5 Å². The summed E-state index contributed by atoms with van der Waals surface area (Å²) in [6.07, 6.45) is -3.32. The van der Waals surface area contributed by atoms with Crippen molar-refractivity contribution >= 4 is 11.7 Å². The van der Waals surface area contributed by atoms with Crippen LogP contribution in [0.4, 0.5) is 18.9 Å². The smallest absolute Gasteiger partial charge is 0.421 e. The molecule has 0 aliphatic carbocycles. The molecular weight excluding hydrogens is 391 g/mol. The van der Waals surface area contributed by atoms with Gasteiger partial charge in [-0.05, 0) is 29.8 Å². The number of carbonyl (C=O) groups is 1. The second kappa shape index (κ2) is 8.66. The average molecular weight is 411 g/mol. The third kappa shape index (κ3) is 5.15. The minimum atomic E-state index is -4.66. The molecule has 2 aromatic rings. The Kier molecular flexibility index (Phi) is 6.23. The van der Waals surface area contributed by atoms with Crippen molar-refractivity contribution in [3.05, 3.63) is 47.2 Å². The van der Waals surface area contributed by atoms with Crippen molar-refractivity contribution in [1.82, 2.24) is 9.88 Å². The van der Waals surface area contributed by atoms with E-state index in [2.05, 4.69) is 9.72 Å². The van der Waals surface area contributed by atoms with E-state index < -0.39 is 23.6 Å². The highest BCUT2D eigenvalue weighted by molar-refractivity contribution is 5.95. The number of esters is 1. The lowest BCUT2D eigenvalue weighted by Gasteiger charge is -2.26. The molecule has 0 radical (unpaired) electrons. The van der Waals surface area contributed by atoms with E-state index >= 15 is 0 Å². The fraction of sp³-hybridized carbons (Fsp3) is 0.368. The molecule has 1 aliphatic heterocycles. The molecule has 2 heterocycles. The highest BCUT2D eigenvalue weighted by atomic mass is 19.4. The molecule has 10 heteroatoms. The van der Waals surface area contributed by atoms with E-state index in [0.29, 0.717) is 38.4 Å². The van der Waals surface area contributed by atoms with Gasteiger partial charge in [-0.25, -0.2) is 9.78 Å². The number of pyridine rings is 1. The van der Waals surface area contributed by atoms with E-state index in [0.717, 1.165) is 6.07 Å². The fourth-order valence-electron chi connectivity index (χ4n) is 2.88. The number of aromatic nitrogens is 1. The maximum Gasteiger partial charge on any atom is 0.421 e. The first-order chi connectivity index (χ1) is 13.8. The molecule has 1 saturated heterocycles. The van der Waals surface area contributed by atoms with Crippen molar-refractivity contribution in [1.29, 1.82) is 0 Å². The normalized spacial score (nSPS) is 15.2. The zero-order chi connectivity index (χ0) is 21.0. The second-order valence-electron chi connectivity index (χ2n) is 6.43. The first-order valence-corrected chi connectivity index (χ1v) is 8.80. The Morgan fingerprint density at radius 1 is 1.28 bits per heavy atom. The molecule has 1 aliphatic rings. The van der Waals surface area contributed by atoms with Crippen molar-refractivity contribution < 1.29 is 32.2 Å². The Hall–Kier alpha value is -2.85. The summed E-state index contributed by atoms with van der Waals surface area (Å²) in [5, 5.41) is 0. The zero-order valence-corrected chi connectivity index (χ0v) is 15.7. The highest BCUT2D eigenvalue weighted by Gasteiger charge is 2.36. The second-order valence-corrected chi connectivity index (χ2v) is 6.43. The molecule has 0 saturated carbocycles. The van der Waals surface area contributed by atoms with Crippen LogP contribution >= 0.6 is 0 Å². The molecule has 2 N–H and O–H groups in total. The van der Waals surface area contributed by atoms with Gasteiger partial charge in [0.05, 0.1) is 25.9 Å². The van der Waals surface area contributed by atoms with Gasteiger partial charge in [-0.1, -0.05) is 0 Å². The maximum absolute atomic E-state index is 13.6. The number of rotatable bonds is 5. The molecule has 1 fully saturated rings. The van der Waals surface area contributed by atoms with E-state index in [1.54, 1.807) is 0 Å². The number of alkyl halides is 3. The first kappa shape index (κ1) is 20.9. The maximum atomic E-state index is 13.6. The number of hydrogen-bond donors (Lipinski definition) is 1. The number of benzene rings is 1. The summed E-state index contributed by atoms with van der Waals surface area (Å²) in [6, 6.07) is 4.94. The summed E-state index contributed by atoms with van der Waals surface area (Å²) in [5.41, 5.74) is 5.23. The lowest BCUT2D eigenvalue weighted by Crippen LogP contribution is -2.35. The third-order valence-electron chi connectivity index (χ3n) is 4.37. The monoisotopic (exact) mass is 411 g/mol. The molecule has 0 unspecified atom stereocenters. The summed E-state index contributed by atoms with van der Waals surface area (Å²) in [5.74, 6) is -1.35. The molecule has 0 atom stereocenters. The quantitative estimate of drug-likeness (QED) is 0.598. The summed E-state index contributed by atoms with van der Waals surface area (Å²) < 4.78 is 56.0. The summed E-state index contributed by atoms with van der Waals surface area (Å²) in [4.78, 5) is 17.6. The van der Waals surface area contributed by atoms with Crippen LogP contribution in [-0.4, -0.2) is 49.3 Å². The van der Waals surface area contributed by atoms with Gasteiger partial charge in [0.1, 0.15) is 11.3 Å². The molecule has 1 aromatic carbocycles. The number of carbonyl (C=O) groups excluding carboxylic acids is 1. The van der Waals surface area contributed by atoms with Crippen molar-refractivity contribution in [2.24, 2.45) is 0 Å². The van der Waals surface area contributed by atoms with Crippen molar-refractivity contribution in [3.8, 4) is 11.6 Å². The number of morpholine rings is 1. The minimum Gasteiger partial charge on any atom is -0.465 e. The Morgan fingerprint density at radius 3 is 2.66 bits per heavy atom. The molecule has 1 aromatic heterocycles. The van der Waals surface area contributed by atoms with Gasteiger partial charge in [0, 0.05) is 31.5 Å². The highest BCUT2D eigenvalue weighted by Crippen LogP contribution is 2.38. The number of hydrogen-bond acceptors (Lipinski definition) is 7. The molecule has 0 amide bonds. The van der Waals surface area contributed by atoms with Gasteiger partial charge < -0.3 is 19.9 Å². The van der Waals surface area contributed by atoms with Crippen LogP contribution in [0.25, 0.3) is 0 Å². The molecule has 7 nitrogen and oxygen atoms in total. The van der Waals surface area contributed by atoms with Crippen LogP contribution in [-0.2, 0) is 22.2 Å². The fourth-order valence-corrected chi connectivity index (χ4v) is 2.88. The largest absolute Gasteiger partial charge is 0.465 e. The van der Waals surface area contributed by atoms with Gasteiger partial charge in [0.2, 0.25) is 5.88 Å². The number of nitrogens with two attached hydrogens (primary N) is 1. The molecule has 0 bridgehead atoms. The van der Waals surface area contributed by atoms with E-state index in [1.165, 1.54) is 31.5 Å². The Morgan fingerprint density at radius 2 is 2.00 bits per heavy atom.